The Morgan fingerprint density at radius 1 is 1.10 bits per heavy atom. The van der Waals surface area contributed by atoms with Crippen molar-refractivity contribution in [1.82, 2.24) is 0 Å². The minimum Gasteiger partial charge on any atom is -0.293 e. The van der Waals surface area contributed by atoms with Crippen molar-refractivity contribution in [3.63, 3.8) is 0 Å². The Labute approximate surface area is 128 Å². The molecule has 104 valence electrons. The van der Waals surface area contributed by atoms with Crippen LogP contribution in [-0.4, -0.2) is 11.0 Å². The number of hydrogen-bond donors (Lipinski definition) is 0. The topological polar surface area (TPSA) is 17.1 Å². The van der Waals surface area contributed by atoms with Crippen LogP contribution in [0.15, 0.2) is 51.8 Å². The normalized spacial score (nSPS) is 12.2. The summed E-state index contributed by atoms with van der Waals surface area (Å²) < 4.78 is 26.9. The van der Waals surface area contributed by atoms with Gasteiger partial charge in [0.25, 0.3) is 0 Å². The molecule has 0 spiro atoms. The highest BCUT2D eigenvalue weighted by Gasteiger charge is 2.18. The molecule has 0 aromatic heterocycles. The average Bonchev–Trinajstić information content (AvgIpc) is 2.43. The second kappa shape index (κ2) is 6.50. The molecule has 0 aliphatic carbocycles. The number of thioether (sulfide) groups is 1. The number of carbonyl (C=O) groups excluding carboxylic acids is 1. The quantitative estimate of drug-likeness (QED) is 0.560. The van der Waals surface area contributed by atoms with Gasteiger partial charge in [0.1, 0.15) is 0 Å². The van der Waals surface area contributed by atoms with Crippen LogP contribution in [0.3, 0.4) is 0 Å². The third-order valence-electron chi connectivity index (χ3n) is 2.70. The van der Waals surface area contributed by atoms with Crippen LogP contribution in [0.5, 0.6) is 0 Å². The van der Waals surface area contributed by atoms with Gasteiger partial charge in [-0.05, 0) is 49.4 Å². The van der Waals surface area contributed by atoms with Crippen LogP contribution in [-0.2, 0) is 0 Å². The molecule has 2 rings (SSSR count). The van der Waals surface area contributed by atoms with Gasteiger partial charge in [-0.2, -0.15) is 0 Å². The highest BCUT2D eigenvalue weighted by Crippen LogP contribution is 2.27. The lowest BCUT2D eigenvalue weighted by Crippen LogP contribution is -2.13. The first-order valence-electron chi connectivity index (χ1n) is 5.89. The summed E-state index contributed by atoms with van der Waals surface area (Å²) in [7, 11) is 0. The van der Waals surface area contributed by atoms with Crippen molar-refractivity contribution in [3.05, 3.63) is 64.1 Å². The molecule has 0 amide bonds. The maximum Gasteiger partial charge on any atom is 0.175 e. The minimum absolute atomic E-state index is 0.181. The van der Waals surface area contributed by atoms with Crippen molar-refractivity contribution in [2.24, 2.45) is 0 Å². The summed E-state index contributed by atoms with van der Waals surface area (Å²) in [6.45, 7) is 1.75. The van der Waals surface area contributed by atoms with Gasteiger partial charge < -0.3 is 0 Å². The Kier molecular flexibility index (Phi) is 4.94. The molecule has 0 aliphatic rings. The number of halogens is 3. The van der Waals surface area contributed by atoms with E-state index in [-0.39, 0.29) is 16.6 Å². The second-order valence-electron chi connectivity index (χ2n) is 4.21. The molecule has 0 fully saturated rings. The molecule has 0 heterocycles. The van der Waals surface area contributed by atoms with Crippen molar-refractivity contribution in [3.8, 4) is 0 Å². The van der Waals surface area contributed by atoms with Gasteiger partial charge in [0, 0.05) is 14.9 Å². The molecule has 1 unspecified atom stereocenters. The summed E-state index contributed by atoms with van der Waals surface area (Å²) in [6.07, 6.45) is 0. The lowest BCUT2D eigenvalue weighted by atomic mass is 10.1. The molecule has 0 saturated carbocycles. The summed E-state index contributed by atoms with van der Waals surface area (Å²) in [6, 6.07) is 10.8. The van der Waals surface area contributed by atoms with Gasteiger partial charge in [0.15, 0.2) is 17.4 Å². The third-order valence-corrected chi connectivity index (χ3v) is 4.34. The first kappa shape index (κ1) is 15.2. The van der Waals surface area contributed by atoms with Crippen molar-refractivity contribution >= 4 is 33.5 Å². The monoisotopic (exact) mass is 356 g/mol. The number of Topliss-reactive ketones (excluding diaryl/α,β-unsaturated/α-hetero) is 1. The van der Waals surface area contributed by atoms with Crippen LogP contribution in [0.4, 0.5) is 8.78 Å². The van der Waals surface area contributed by atoms with E-state index < -0.39 is 11.6 Å². The number of rotatable bonds is 4. The maximum atomic E-state index is 13.1. The van der Waals surface area contributed by atoms with Gasteiger partial charge in [-0.1, -0.05) is 15.9 Å². The summed E-state index contributed by atoms with van der Waals surface area (Å²) in [5.41, 5.74) is 0.181. The maximum absolute atomic E-state index is 13.1. The lowest BCUT2D eigenvalue weighted by Gasteiger charge is -2.10. The molecule has 0 bridgehead atoms. The molecule has 0 radical (unpaired) electrons. The van der Waals surface area contributed by atoms with Crippen LogP contribution < -0.4 is 0 Å². The van der Waals surface area contributed by atoms with Crippen LogP contribution >= 0.6 is 27.7 Å². The third kappa shape index (κ3) is 3.67. The summed E-state index contributed by atoms with van der Waals surface area (Å²) in [5.74, 6) is -2.18. The van der Waals surface area contributed by atoms with Gasteiger partial charge in [0.2, 0.25) is 0 Å². The molecule has 1 atom stereocenters. The standard InChI is InChI=1S/C15H11BrF2OS/c1-9(20-12-5-3-11(16)4-6-12)15(19)10-2-7-13(17)14(18)8-10/h2-9H,1H3. The highest BCUT2D eigenvalue weighted by molar-refractivity contribution is 9.10. The van der Waals surface area contributed by atoms with E-state index in [9.17, 15) is 13.6 Å². The van der Waals surface area contributed by atoms with Crippen LogP contribution in [0.25, 0.3) is 0 Å². The van der Waals surface area contributed by atoms with Gasteiger partial charge >= 0.3 is 0 Å². The summed E-state index contributed by atoms with van der Waals surface area (Å²) >= 11 is 4.72. The molecule has 0 aliphatic heterocycles. The average molecular weight is 357 g/mol. The van der Waals surface area contributed by atoms with Gasteiger partial charge in [0.05, 0.1) is 5.25 Å². The Balaban J connectivity index is 2.11. The van der Waals surface area contributed by atoms with E-state index >= 15 is 0 Å². The van der Waals surface area contributed by atoms with Crippen LogP contribution in [0.1, 0.15) is 17.3 Å². The molecular formula is C15H11BrF2OS. The first-order chi connectivity index (χ1) is 9.47. The molecule has 2 aromatic carbocycles. The largest absolute Gasteiger partial charge is 0.293 e. The zero-order valence-electron chi connectivity index (χ0n) is 10.6. The Hall–Kier alpha value is -1.20. The lowest BCUT2D eigenvalue weighted by molar-refractivity contribution is 0.0993. The van der Waals surface area contributed by atoms with E-state index in [0.29, 0.717) is 0 Å². The molecule has 1 nitrogen and oxygen atoms in total. The fourth-order valence-corrected chi connectivity index (χ4v) is 2.86. The fraction of sp³-hybridized carbons (Fsp3) is 0.133. The first-order valence-corrected chi connectivity index (χ1v) is 7.56. The van der Waals surface area contributed by atoms with Crippen molar-refractivity contribution in [2.75, 3.05) is 0 Å². The van der Waals surface area contributed by atoms with E-state index in [1.54, 1.807) is 6.92 Å². The predicted molar refractivity (Wildman–Crippen MR) is 80.1 cm³/mol. The van der Waals surface area contributed by atoms with E-state index in [1.165, 1.54) is 17.8 Å². The smallest absolute Gasteiger partial charge is 0.175 e. The van der Waals surface area contributed by atoms with Crippen molar-refractivity contribution in [2.45, 2.75) is 17.1 Å². The van der Waals surface area contributed by atoms with E-state index in [4.69, 9.17) is 0 Å². The number of ketones is 1. The van der Waals surface area contributed by atoms with E-state index in [2.05, 4.69) is 15.9 Å². The molecular weight excluding hydrogens is 346 g/mol. The number of carbonyl (C=O) groups is 1. The number of benzene rings is 2. The molecule has 5 heteroatoms. The van der Waals surface area contributed by atoms with Crippen LogP contribution in [0, 0.1) is 11.6 Å². The highest BCUT2D eigenvalue weighted by atomic mass is 79.9. The van der Waals surface area contributed by atoms with Gasteiger partial charge in [-0.15, -0.1) is 11.8 Å². The molecule has 0 N–H and O–H groups in total. The van der Waals surface area contributed by atoms with Crippen molar-refractivity contribution < 1.29 is 13.6 Å². The Morgan fingerprint density at radius 3 is 2.35 bits per heavy atom. The predicted octanol–water partition coefficient (Wildman–Crippen LogP) is 5.09. The summed E-state index contributed by atoms with van der Waals surface area (Å²) in [4.78, 5) is 13.1. The van der Waals surface area contributed by atoms with E-state index in [1.807, 2.05) is 24.3 Å². The molecule has 20 heavy (non-hydrogen) atoms. The van der Waals surface area contributed by atoms with E-state index in [0.717, 1.165) is 21.5 Å². The fourth-order valence-electron chi connectivity index (χ4n) is 1.65. The Bertz CT molecular complexity index is 628. The zero-order valence-corrected chi connectivity index (χ0v) is 13.0. The van der Waals surface area contributed by atoms with Crippen molar-refractivity contribution in [1.29, 1.82) is 0 Å². The zero-order chi connectivity index (χ0) is 14.7. The van der Waals surface area contributed by atoms with Crippen LogP contribution in [0.2, 0.25) is 0 Å². The minimum atomic E-state index is -1.00. The number of hydrogen-bond acceptors (Lipinski definition) is 2. The summed E-state index contributed by atoms with van der Waals surface area (Å²) in [5, 5.41) is -0.374. The Morgan fingerprint density at radius 2 is 1.75 bits per heavy atom. The second-order valence-corrected chi connectivity index (χ2v) is 6.54. The SMILES string of the molecule is CC(Sc1ccc(Br)cc1)C(=O)c1ccc(F)c(F)c1. The van der Waals surface area contributed by atoms with Gasteiger partial charge in [-0.25, -0.2) is 8.78 Å². The van der Waals surface area contributed by atoms with Gasteiger partial charge in [-0.3, -0.25) is 4.79 Å². The molecule has 0 saturated heterocycles. The molecule has 2 aromatic rings.